The van der Waals surface area contributed by atoms with Gasteiger partial charge in [0.1, 0.15) is 0 Å². The van der Waals surface area contributed by atoms with Crippen LogP contribution in [0.3, 0.4) is 0 Å². The van der Waals surface area contributed by atoms with Crippen molar-refractivity contribution in [3.05, 3.63) is 41.0 Å². The molecule has 2 heteroatoms. The highest BCUT2D eigenvalue weighted by Gasteiger charge is 2.43. The van der Waals surface area contributed by atoms with Crippen molar-refractivity contribution >= 4 is 5.57 Å². The first-order valence-corrected chi connectivity index (χ1v) is 12.8. The minimum Gasteiger partial charge on any atom is -0.383 e. The summed E-state index contributed by atoms with van der Waals surface area (Å²) < 4.78 is 5.92. The average Bonchev–Trinajstić information content (AvgIpc) is 3.50. The van der Waals surface area contributed by atoms with Gasteiger partial charge in [-0.1, -0.05) is 63.3 Å². The van der Waals surface area contributed by atoms with E-state index in [9.17, 15) is 0 Å². The Hall–Kier alpha value is -1.12. The number of nitrogens with one attached hydrogen (secondary N) is 1. The van der Waals surface area contributed by atoms with Gasteiger partial charge in [-0.15, -0.1) is 0 Å². The summed E-state index contributed by atoms with van der Waals surface area (Å²) in [4.78, 5) is 0. The zero-order chi connectivity index (χ0) is 21.0. The predicted octanol–water partition coefficient (Wildman–Crippen LogP) is 6.98. The van der Waals surface area contributed by atoms with E-state index in [2.05, 4.69) is 43.4 Å². The highest BCUT2D eigenvalue weighted by Crippen LogP contribution is 2.53. The molecule has 2 nitrogen and oxygen atoms in total. The summed E-state index contributed by atoms with van der Waals surface area (Å²) in [6.07, 6.45) is 17.4. The van der Waals surface area contributed by atoms with Crippen molar-refractivity contribution in [3.63, 3.8) is 0 Å². The van der Waals surface area contributed by atoms with E-state index in [1.54, 1.807) is 22.3 Å². The molecule has 1 aromatic carbocycles. The molecule has 3 aliphatic rings. The molecule has 3 aliphatic carbocycles. The van der Waals surface area contributed by atoms with Gasteiger partial charge >= 0.3 is 0 Å². The summed E-state index contributed by atoms with van der Waals surface area (Å²) in [5.74, 6) is 1.52. The summed E-state index contributed by atoms with van der Waals surface area (Å²) in [6.45, 7) is 6.56. The minimum absolute atomic E-state index is 0.0231. The fourth-order valence-electron chi connectivity index (χ4n) is 6.64. The summed E-state index contributed by atoms with van der Waals surface area (Å²) in [5, 5.41) is 3.79. The van der Waals surface area contributed by atoms with Crippen molar-refractivity contribution in [1.82, 2.24) is 5.32 Å². The molecule has 0 saturated heterocycles. The summed E-state index contributed by atoms with van der Waals surface area (Å²) >= 11 is 0. The lowest BCUT2D eigenvalue weighted by atomic mass is 9.76. The molecule has 166 valence electrons. The van der Waals surface area contributed by atoms with Crippen molar-refractivity contribution < 1.29 is 4.74 Å². The van der Waals surface area contributed by atoms with Gasteiger partial charge in [0, 0.05) is 18.6 Å². The van der Waals surface area contributed by atoms with Crippen LogP contribution in [0.15, 0.2) is 24.3 Å². The van der Waals surface area contributed by atoms with E-state index in [4.69, 9.17) is 4.74 Å². The van der Waals surface area contributed by atoms with E-state index in [0.717, 1.165) is 31.4 Å². The van der Waals surface area contributed by atoms with Crippen LogP contribution in [0.5, 0.6) is 0 Å². The number of allylic oxidation sites excluding steroid dienone is 1. The SMILES string of the molecule is CCCCNC(C)CC1(COC)C=C(C2CCCC2)c2c(C3CCCC3)cccc21. The normalized spacial score (nSPS) is 25.6. The summed E-state index contributed by atoms with van der Waals surface area (Å²) in [5.41, 5.74) is 6.58. The highest BCUT2D eigenvalue weighted by molar-refractivity contribution is 5.81. The first kappa shape index (κ1) is 22.1. The van der Waals surface area contributed by atoms with Gasteiger partial charge in [0.2, 0.25) is 0 Å². The molecule has 2 fully saturated rings. The Morgan fingerprint density at radius 1 is 1.07 bits per heavy atom. The third-order valence-electron chi connectivity index (χ3n) is 8.04. The molecule has 0 aliphatic heterocycles. The predicted molar refractivity (Wildman–Crippen MR) is 128 cm³/mol. The van der Waals surface area contributed by atoms with Crippen LogP contribution >= 0.6 is 0 Å². The smallest absolute Gasteiger partial charge is 0.0595 e. The number of hydrogen-bond donors (Lipinski definition) is 1. The molecule has 2 unspecified atom stereocenters. The first-order chi connectivity index (χ1) is 14.7. The van der Waals surface area contributed by atoms with Crippen LogP contribution in [0.1, 0.15) is 107 Å². The van der Waals surface area contributed by atoms with Crippen LogP contribution < -0.4 is 5.32 Å². The lowest BCUT2D eigenvalue weighted by Crippen LogP contribution is -2.38. The molecular weight excluding hydrogens is 366 g/mol. The van der Waals surface area contributed by atoms with Crippen molar-refractivity contribution in [2.75, 3.05) is 20.3 Å². The Kier molecular flexibility index (Phi) is 7.36. The second-order valence-corrected chi connectivity index (χ2v) is 10.3. The number of ether oxygens (including phenoxy) is 1. The maximum Gasteiger partial charge on any atom is 0.0595 e. The number of methoxy groups -OCH3 is 1. The number of rotatable bonds is 10. The molecule has 1 N–H and O–H groups in total. The Morgan fingerprint density at radius 2 is 1.77 bits per heavy atom. The zero-order valence-corrected chi connectivity index (χ0v) is 19.6. The Morgan fingerprint density at radius 3 is 2.43 bits per heavy atom. The number of unbranched alkanes of at least 4 members (excludes halogenated alkanes) is 1. The van der Waals surface area contributed by atoms with E-state index < -0.39 is 0 Å². The van der Waals surface area contributed by atoms with Crippen LogP contribution in [-0.2, 0) is 10.2 Å². The molecule has 0 aromatic heterocycles. The standard InChI is InChI=1S/C28H43NO/c1-4-5-17-29-21(2)18-28(20-30-3)19-25(23-13-8-9-14-23)27-24(15-10-16-26(27)28)22-11-6-7-12-22/h10,15-16,19,21-23,29H,4-9,11-14,17-18,20H2,1-3H3. The van der Waals surface area contributed by atoms with E-state index in [1.165, 1.54) is 64.2 Å². The Labute approximate surface area is 184 Å². The summed E-state index contributed by atoms with van der Waals surface area (Å²) in [6, 6.07) is 7.74. The highest BCUT2D eigenvalue weighted by atomic mass is 16.5. The topological polar surface area (TPSA) is 21.3 Å². The van der Waals surface area contributed by atoms with Crippen LogP contribution in [0.25, 0.3) is 5.57 Å². The van der Waals surface area contributed by atoms with Gasteiger partial charge in [0.05, 0.1) is 6.61 Å². The fraction of sp³-hybridized carbons (Fsp3) is 0.714. The van der Waals surface area contributed by atoms with Gasteiger partial charge in [-0.05, 0) is 86.1 Å². The van der Waals surface area contributed by atoms with Gasteiger partial charge in [-0.25, -0.2) is 0 Å². The van der Waals surface area contributed by atoms with Crippen molar-refractivity contribution in [2.24, 2.45) is 5.92 Å². The van der Waals surface area contributed by atoms with Crippen molar-refractivity contribution in [2.45, 2.75) is 102 Å². The maximum atomic E-state index is 5.92. The van der Waals surface area contributed by atoms with Gasteiger partial charge in [0.15, 0.2) is 0 Å². The largest absolute Gasteiger partial charge is 0.383 e. The molecule has 0 radical (unpaired) electrons. The molecular formula is C28H43NO. The molecule has 4 rings (SSSR count). The van der Waals surface area contributed by atoms with E-state index in [-0.39, 0.29) is 5.41 Å². The van der Waals surface area contributed by atoms with Crippen LogP contribution in [0.4, 0.5) is 0 Å². The molecule has 0 spiro atoms. The minimum atomic E-state index is 0.0231. The fourth-order valence-corrected chi connectivity index (χ4v) is 6.64. The molecule has 0 heterocycles. The monoisotopic (exact) mass is 409 g/mol. The lowest BCUT2D eigenvalue weighted by molar-refractivity contribution is 0.142. The number of hydrogen-bond acceptors (Lipinski definition) is 2. The van der Waals surface area contributed by atoms with Gasteiger partial charge in [-0.3, -0.25) is 0 Å². The molecule has 2 atom stereocenters. The Balaban J connectivity index is 1.72. The average molecular weight is 410 g/mol. The van der Waals surface area contributed by atoms with Crippen LogP contribution in [0, 0.1) is 5.92 Å². The molecule has 0 amide bonds. The molecule has 0 bridgehead atoms. The van der Waals surface area contributed by atoms with E-state index in [1.807, 2.05) is 7.11 Å². The third kappa shape index (κ3) is 4.41. The maximum absolute atomic E-state index is 5.92. The third-order valence-corrected chi connectivity index (χ3v) is 8.04. The van der Waals surface area contributed by atoms with Crippen molar-refractivity contribution in [3.8, 4) is 0 Å². The summed E-state index contributed by atoms with van der Waals surface area (Å²) in [7, 11) is 1.89. The molecule has 2 saturated carbocycles. The number of fused-ring (bicyclic) bond motifs is 1. The van der Waals surface area contributed by atoms with Gasteiger partial charge in [-0.2, -0.15) is 0 Å². The zero-order valence-electron chi connectivity index (χ0n) is 19.6. The number of benzene rings is 1. The second kappa shape index (κ2) is 10.0. The molecule has 30 heavy (non-hydrogen) atoms. The first-order valence-electron chi connectivity index (χ1n) is 12.8. The second-order valence-electron chi connectivity index (χ2n) is 10.3. The molecule has 1 aromatic rings. The quantitative estimate of drug-likeness (QED) is 0.421. The van der Waals surface area contributed by atoms with Gasteiger partial charge in [0.25, 0.3) is 0 Å². The van der Waals surface area contributed by atoms with Crippen LogP contribution in [0.2, 0.25) is 0 Å². The van der Waals surface area contributed by atoms with Crippen molar-refractivity contribution in [1.29, 1.82) is 0 Å². The lowest BCUT2D eigenvalue weighted by Gasteiger charge is -2.32. The van der Waals surface area contributed by atoms with Gasteiger partial charge < -0.3 is 10.1 Å². The Bertz CT molecular complexity index is 726. The van der Waals surface area contributed by atoms with E-state index in [0.29, 0.717) is 6.04 Å². The van der Waals surface area contributed by atoms with Crippen LogP contribution in [-0.4, -0.2) is 26.3 Å². The van der Waals surface area contributed by atoms with E-state index >= 15 is 0 Å².